The van der Waals surface area contributed by atoms with Crippen molar-refractivity contribution in [3.05, 3.63) is 29.8 Å². The molecule has 2 saturated carbocycles. The summed E-state index contributed by atoms with van der Waals surface area (Å²) in [6, 6.07) is 7.81. The Morgan fingerprint density at radius 1 is 1.04 bits per heavy atom. The minimum absolute atomic E-state index is 0.0355. The molecular weight excluding hydrogens is 302 g/mol. The smallest absolute Gasteiger partial charge is 0.227 e. The highest BCUT2D eigenvalue weighted by Gasteiger charge is 2.29. The monoisotopic (exact) mass is 329 g/mol. The Bertz CT molecular complexity index is 595. The van der Waals surface area contributed by atoms with Crippen molar-refractivity contribution in [2.45, 2.75) is 57.5 Å². The molecule has 0 radical (unpaired) electrons. The number of hydrogen-bond donors (Lipinski definition) is 3. The zero-order chi connectivity index (χ0) is 17.1. The fraction of sp³-hybridized carbons (Fsp3) is 0.579. The predicted octanol–water partition coefficient (Wildman–Crippen LogP) is 2.73. The van der Waals surface area contributed by atoms with E-state index in [4.69, 9.17) is 5.73 Å². The molecule has 2 aliphatic carbocycles. The van der Waals surface area contributed by atoms with Crippen LogP contribution in [0.3, 0.4) is 0 Å². The van der Waals surface area contributed by atoms with Gasteiger partial charge in [-0.3, -0.25) is 9.59 Å². The van der Waals surface area contributed by atoms with Crippen LogP contribution in [0.15, 0.2) is 24.3 Å². The first-order valence-electron chi connectivity index (χ1n) is 8.99. The van der Waals surface area contributed by atoms with Crippen LogP contribution in [0.2, 0.25) is 0 Å². The van der Waals surface area contributed by atoms with Crippen molar-refractivity contribution in [1.29, 1.82) is 0 Å². The largest absolute Gasteiger partial charge is 0.349 e. The minimum Gasteiger partial charge on any atom is -0.349 e. The fourth-order valence-corrected chi connectivity index (χ4v) is 3.33. The van der Waals surface area contributed by atoms with Crippen LogP contribution >= 0.6 is 0 Å². The first kappa shape index (κ1) is 17.0. The summed E-state index contributed by atoms with van der Waals surface area (Å²) in [7, 11) is 0. The minimum atomic E-state index is -0.0520. The van der Waals surface area contributed by atoms with Crippen LogP contribution in [-0.4, -0.2) is 17.9 Å². The third kappa shape index (κ3) is 4.35. The van der Waals surface area contributed by atoms with Crippen molar-refractivity contribution in [2.75, 3.05) is 5.32 Å². The number of anilines is 1. The lowest BCUT2D eigenvalue weighted by molar-refractivity contribution is -0.126. The average molecular weight is 329 g/mol. The van der Waals surface area contributed by atoms with Crippen LogP contribution in [0.1, 0.15) is 57.1 Å². The van der Waals surface area contributed by atoms with E-state index in [9.17, 15) is 9.59 Å². The number of benzene rings is 1. The van der Waals surface area contributed by atoms with Gasteiger partial charge < -0.3 is 16.4 Å². The highest BCUT2D eigenvalue weighted by molar-refractivity contribution is 5.94. The molecule has 0 aliphatic heterocycles. The molecule has 5 heteroatoms. The molecule has 2 amide bonds. The van der Waals surface area contributed by atoms with Crippen LogP contribution in [-0.2, 0) is 9.59 Å². The fourth-order valence-electron chi connectivity index (χ4n) is 3.33. The molecule has 0 spiro atoms. The van der Waals surface area contributed by atoms with Crippen LogP contribution in [0, 0.1) is 11.8 Å². The number of nitrogens with two attached hydrogens (primary N) is 1. The third-order valence-electron chi connectivity index (χ3n) is 5.07. The van der Waals surface area contributed by atoms with Gasteiger partial charge in [-0.1, -0.05) is 18.6 Å². The van der Waals surface area contributed by atoms with E-state index in [-0.39, 0.29) is 35.7 Å². The summed E-state index contributed by atoms with van der Waals surface area (Å²) in [4.78, 5) is 24.2. The molecule has 0 saturated heterocycles. The molecule has 5 nitrogen and oxygen atoms in total. The van der Waals surface area contributed by atoms with E-state index in [1.165, 1.54) is 0 Å². The lowest BCUT2D eigenvalue weighted by atomic mass is 9.85. The van der Waals surface area contributed by atoms with Crippen molar-refractivity contribution >= 4 is 17.5 Å². The van der Waals surface area contributed by atoms with E-state index in [1.54, 1.807) is 0 Å². The summed E-state index contributed by atoms with van der Waals surface area (Å²) >= 11 is 0. The first-order chi connectivity index (χ1) is 11.5. The SMILES string of the molecule is CC(NC(=O)C1CCCC(N)C1)c1ccc(NC(=O)C2CC2)cc1. The quantitative estimate of drug-likeness (QED) is 0.776. The molecular formula is C19H27N3O2. The molecule has 0 bridgehead atoms. The first-order valence-corrected chi connectivity index (χ1v) is 8.99. The summed E-state index contributed by atoms with van der Waals surface area (Å²) < 4.78 is 0. The maximum absolute atomic E-state index is 12.4. The predicted molar refractivity (Wildman–Crippen MR) is 94.3 cm³/mol. The van der Waals surface area contributed by atoms with Gasteiger partial charge in [0.2, 0.25) is 11.8 Å². The zero-order valence-corrected chi connectivity index (χ0v) is 14.3. The topological polar surface area (TPSA) is 84.2 Å². The molecule has 3 unspecified atom stereocenters. The summed E-state index contributed by atoms with van der Waals surface area (Å²) in [5.41, 5.74) is 7.82. The number of rotatable bonds is 5. The van der Waals surface area contributed by atoms with Crippen LogP contribution in [0.25, 0.3) is 0 Å². The Labute approximate surface area is 143 Å². The summed E-state index contributed by atoms with van der Waals surface area (Å²) in [6.07, 6.45) is 5.76. The van der Waals surface area contributed by atoms with Crippen LogP contribution in [0.5, 0.6) is 0 Å². The van der Waals surface area contributed by atoms with Crippen LogP contribution < -0.4 is 16.4 Å². The van der Waals surface area contributed by atoms with Gasteiger partial charge in [0.1, 0.15) is 0 Å². The van der Waals surface area contributed by atoms with Gasteiger partial charge in [-0.15, -0.1) is 0 Å². The normalized spacial score (nSPS) is 24.9. The summed E-state index contributed by atoms with van der Waals surface area (Å²) in [6.45, 7) is 1.98. The second kappa shape index (κ2) is 7.34. The highest BCUT2D eigenvalue weighted by Crippen LogP contribution is 2.30. The molecule has 130 valence electrons. The maximum Gasteiger partial charge on any atom is 0.227 e. The average Bonchev–Trinajstić information content (AvgIpc) is 3.40. The number of nitrogens with one attached hydrogen (secondary N) is 2. The van der Waals surface area contributed by atoms with Crippen molar-refractivity contribution in [3.63, 3.8) is 0 Å². The number of carbonyl (C=O) groups excluding carboxylic acids is 2. The lowest BCUT2D eigenvalue weighted by Crippen LogP contribution is -2.38. The second-order valence-corrected chi connectivity index (χ2v) is 7.24. The molecule has 3 atom stereocenters. The Morgan fingerprint density at radius 3 is 2.38 bits per heavy atom. The van der Waals surface area contributed by atoms with Crippen molar-refractivity contribution in [3.8, 4) is 0 Å². The summed E-state index contributed by atoms with van der Waals surface area (Å²) in [5.74, 6) is 0.444. The van der Waals surface area contributed by atoms with Gasteiger partial charge in [0.15, 0.2) is 0 Å². The highest BCUT2D eigenvalue weighted by atomic mass is 16.2. The van der Waals surface area contributed by atoms with E-state index >= 15 is 0 Å². The van der Waals surface area contributed by atoms with Crippen molar-refractivity contribution < 1.29 is 9.59 Å². The Balaban J connectivity index is 1.53. The van der Waals surface area contributed by atoms with Crippen LogP contribution in [0.4, 0.5) is 5.69 Å². The molecule has 2 aliphatic rings. The van der Waals surface area contributed by atoms with E-state index in [0.29, 0.717) is 0 Å². The molecule has 0 aromatic heterocycles. The number of hydrogen-bond acceptors (Lipinski definition) is 3. The van der Waals surface area contributed by atoms with Gasteiger partial charge in [0.25, 0.3) is 0 Å². The van der Waals surface area contributed by atoms with Gasteiger partial charge in [-0.25, -0.2) is 0 Å². The molecule has 3 rings (SSSR count). The number of carbonyl (C=O) groups is 2. The number of amides is 2. The van der Waals surface area contributed by atoms with E-state index in [0.717, 1.165) is 49.8 Å². The molecule has 4 N–H and O–H groups in total. The lowest BCUT2D eigenvalue weighted by Gasteiger charge is -2.27. The van der Waals surface area contributed by atoms with Crippen molar-refractivity contribution in [1.82, 2.24) is 5.32 Å². The van der Waals surface area contributed by atoms with Gasteiger partial charge in [-0.2, -0.15) is 0 Å². The third-order valence-corrected chi connectivity index (χ3v) is 5.07. The van der Waals surface area contributed by atoms with E-state index < -0.39 is 0 Å². The Kier molecular flexibility index (Phi) is 5.19. The molecule has 24 heavy (non-hydrogen) atoms. The van der Waals surface area contributed by atoms with E-state index in [2.05, 4.69) is 10.6 Å². The zero-order valence-electron chi connectivity index (χ0n) is 14.3. The Morgan fingerprint density at radius 2 is 1.75 bits per heavy atom. The molecule has 1 aromatic rings. The van der Waals surface area contributed by atoms with E-state index in [1.807, 2.05) is 31.2 Å². The van der Waals surface area contributed by atoms with Gasteiger partial charge in [-0.05, 0) is 56.7 Å². The maximum atomic E-state index is 12.4. The molecule has 1 aromatic carbocycles. The molecule has 2 fully saturated rings. The van der Waals surface area contributed by atoms with Gasteiger partial charge in [0, 0.05) is 23.6 Å². The summed E-state index contributed by atoms with van der Waals surface area (Å²) in [5, 5.41) is 6.02. The van der Waals surface area contributed by atoms with Gasteiger partial charge in [0.05, 0.1) is 6.04 Å². The van der Waals surface area contributed by atoms with Crippen molar-refractivity contribution in [2.24, 2.45) is 17.6 Å². The second-order valence-electron chi connectivity index (χ2n) is 7.24. The standard InChI is InChI=1S/C19H27N3O2/c1-12(21-19(24)15-3-2-4-16(20)11-15)13-7-9-17(10-8-13)22-18(23)14-5-6-14/h7-10,12,14-16H,2-6,11,20H2,1H3,(H,21,24)(H,22,23). The Hall–Kier alpha value is -1.88. The molecule has 0 heterocycles. The van der Waals surface area contributed by atoms with Gasteiger partial charge >= 0.3 is 0 Å².